The van der Waals surface area contributed by atoms with Crippen molar-refractivity contribution in [2.45, 2.75) is 37.6 Å². The van der Waals surface area contributed by atoms with Crippen LogP contribution >= 0.6 is 0 Å². The van der Waals surface area contributed by atoms with Crippen molar-refractivity contribution in [1.29, 1.82) is 0 Å². The normalized spacial score (nSPS) is 16.5. The van der Waals surface area contributed by atoms with Gasteiger partial charge in [-0.3, -0.25) is 9.59 Å². The molecule has 6 heteroatoms. The standard InChI is InChI=1S/C18H19NO5/c1-23-17(22)18(9-5-2-6-10-18)19-16(21)15-11-13(20)12-7-3-4-8-14(12)24-15/h3-4,7-8,11H,2,5-6,9-10H2,1H3,(H,19,21). The van der Waals surface area contributed by atoms with E-state index in [0.717, 1.165) is 25.3 Å². The maximum Gasteiger partial charge on any atom is 0.331 e. The molecule has 1 aromatic carbocycles. The van der Waals surface area contributed by atoms with Gasteiger partial charge < -0.3 is 14.5 Å². The van der Waals surface area contributed by atoms with Gasteiger partial charge in [-0.15, -0.1) is 0 Å². The van der Waals surface area contributed by atoms with Crippen LogP contribution in [0.25, 0.3) is 11.0 Å². The van der Waals surface area contributed by atoms with Gasteiger partial charge >= 0.3 is 5.97 Å². The summed E-state index contributed by atoms with van der Waals surface area (Å²) in [5, 5.41) is 3.16. The molecule has 6 nitrogen and oxygen atoms in total. The van der Waals surface area contributed by atoms with Crippen LogP contribution in [-0.4, -0.2) is 24.5 Å². The van der Waals surface area contributed by atoms with Crippen LogP contribution in [0, 0.1) is 0 Å². The number of hydrogen-bond acceptors (Lipinski definition) is 5. The fraction of sp³-hybridized carbons (Fsp3) is 0.389. The number of esters is 1. The molecule has 1 amide bonds. The number of amides is 1. The smallest absolute Gasteiger partial charge is 0.331 e. The molecule has 2 aromatic rings. The number of hydrogen-bond donors (Lipinski definition) is 1. The molecule has 0 spiro atoms. The van der Waals surface area contributed by atoms with Gasteiger partial charge in [0.15, 0.2) is 11.2 Å². The summed E-state index contributed by atoms with van der Waals surface area (Å²) in [5.74, 6) is -1.14. The van der Waals surface area contributed by atoms with Crippen LogP contribution in [0.5, 0.6) is 0 Å². The molecule has 126 valence electrons. The lowest BCUT2D eigenvalue weighted by atomic mass is 9.81. The predicted octanol–water partition coefficient (Wildman–Crippen LogP) is 2.40. The molecule has 0 radical (unpaired) electrons. The van der Waals surface area contributed by atoms with Gasteiger partial charge in [0.1, 0.15) is 11.1 Å². The molecule has 0 bridgehead atoms. The number of rotatable bonds is 3. The Labute approximate surface area is 138 Å². The molecular formula is C18H19NO5. The maximum absolute atomic E-state index is 12.6. The van der Waals surface area contributed by atoms with Crippen molar-refractivity contribution < 1.29 is 18.7 Å². The minimum atomic E-state index is -1.05. The Morgan fingerprint density at radius 2 is 1.88 bits per heavy atom. The first-order chi connectivity index (χ1) is 11.6. The molecule has 0 atom stereocenters. The van der Waals surface area contributed by atoms with Crippen molar-refractivity contribution >= 4 is 22.8 Å². The third-order valence-electron chi connectivity index (χ3n) is 4.49. The summed E-state index contributed by atoms with van der Waals surface area (Å²) >= 11 is 0. The molecule has 1 heterocycles. The maximum atomic E-state index is 12.6. The number of carbonyl (C=O) groups is 2. The van der Waals surface area contributed by atoms with Gasteiger partial charge in [-0.25, -0.2) is 4.79 Å². The van der Waals surface area contributed by atoms with Gasteiger partial charge in [0, 0.05) is 6.07 Å². The molecule has 1 fully saturated rings. The van der Waals surface area contributed by atoms with E-state index in [4.69, 9.17) is 9.15 Å². The van der Waals surface area contributed by atoms with E-state index >= 15 is 0 Å². The third kappa shape index (κ3) is 2.91. The number of benzene rings is 1. The Bertz CT molecular complexity index is 833. The first-order valence-corrected chi connectivity index (χ1v) is 7.99. The highest BCUT2D eigenvalue weighted by Crippen LogP contribution is 2.29. The SMILES string of the molecule is COC(=O)C1(NC(=O)c2cc(=O)c3ccccc3o2)CCCCC1. The van der Waals surface area contributed by atoms with Crippen molar-refractivity contribution in [2.75, 3.05) is 7.11 Å². The molecule has 1 aromatic heterocycles. The Morgan fingerprint density at radius 1 is 1.17 bits per heavy atom. The van der Waals surface area contributed by atoms with Crippen LogP contribution in [-0.2, 0) is 9.53 Å². The van der Waals surface area contributed by atoms with E-state index in [-0.39, 0.29) is 11.2 Å². The van der Waals surface area contributed by atoms with Crippen LogP contribution in [0.15, 0.2) is 39.5 Å². The van der Waals surface area contributed by atoms with E-state index in [9.17, 15) is 14.4 Å². The zero-order valence-corrected chi connectivity index (χ0v) is 13.5. The van der Waals surface area contributed by atoms with E-state index in [1.807, 2.05) is 0 Å². The largest absolute Gasteiger partial charge is 0.467 e. The zero-order chi connectivity index (χ0) is 17.2. The van der Waals surface area contributed by atoms with Crippen molar-refractivity contribution in [3.05, 3.63) is 46.3 Å². The second-order valence-electron chi connectivity index (χ2n) is 6.06. The number of carbonyl (C=O) groups excluding carboxylic acids is 2. The minimum Gasteiger partial charge on any atom is -0.467 e. The summed E-state index contributed by atoms with van der Waals surface area (Å²) in [6, 6.07) is 7.88. The van der Waals surface area contributed by atoms with Crippen molar-refractivity contribution in [2.24, 2.45) is 0 Å². The van der Waals surface area contributed by atoms with Crippen LogP contribution in [0.4, 0.5) is 0 Å². The predicted molar refractivity (Wildman–Crippen MR) is 87.8 cm³/mol. The fourth-order valence-electron chi connectivity index (χ4n) is 3.23. The van der Waals surface area contributed by atoms with E-state index in [1.165, 1.54) is 7.11 Å². The number of nitrogens with one attached hydrogen (secondary N) is 1. The molecule has 1 N–H and O–H groups in total. The second-order valence-corrected chi connectivity index (χ2v) is 6.06. The van der Waals surface area contributed by atoms with Crippen LogP contribution in [0.3, 0.4) is 0 Å². The second kappa shape index (κ2) is 6.47. The monoisotopic (exact) mass is 329 g/mol. The summed E-state index contributed by atoms with van der Waals surface area (Å²) in [6.45, 7) is 0. The molecule has 3 rings (SSSR count). The van der Waals surface area contributed by atoms with Gasteiger partial charge in [-0.1, -0.05) is 31.4 Å². The quantitative estimate of drug-likeness (QED) is 0.874. The Morgan fingerprint density at radius 3 is 2.58 bits per heavy atom. The van der Waals surface area contributed by atoms with Crippen LogP contribution in [0.1, 0.15) is 42.7 Å². The summed E-state index contributed by atoms with van der Waals surface area (Å²) in [5.41, 5.74) is -1.00. The average molecular weight is 329 g/mol. The first kappa shape index (κ1) is 16.2. The Balaban J connectivity index is 1.93. The Hall–Kier alpha value is -2.63. The zero-order valence-electron chi connectivity index (χ0n) is 13.5. The fourth-order valence-corrected chi connectivity index (χ4v) is 3.23. The number of methoxy groups -OCH3 is 1. The lowest BCUT2D eigenvalue weighted by molar-refractivity contribution is -0.149. The van der Waals surface area contributed by atoms with Gasteiger partial charge in [0.05, 0.1) is 12.5 Å². The lowest BCUT2D eigenvalue weighted by Crippen LogP contribution is -2.56. The van der Waals surface area contributed by atoms with Crippen LogP contribution in [0.2, 0.25) is 0 Å². The van der Waals surface area contributed by atoms with Crippen molar-refractivity contribution in [1.82, 2.24) is 5.32 Å². The highest BCUT2D eigenvalue weighted by Gasteiger charge is 2.42. The molecule has 1 saturated carbocycles. The molecule has 24 heavy (non-hydrogen) atoms. The Kier molecular flexibility index (Phi) is 4.38. The van der Waals surface area contributed by atoms with E-state index in [0.29, 0.717) is 23.8 Å². The van der Waals surface area contributed by atoms with Gasteiger partial charge in [0.25, 0.3) is 5.91 Å². The number of ether oxygens (including phenoxy) is 1. The van der Waals surface area contributed by atoms with Gasteiger partial charge in [-0.05, 0) is 25.0 Å². The average Bonchev–Trinajstić information content (AvgIpc) is 2.61. The highest BCUT2D eigenvalue weighted by atomic mass is 16.5. The molecule has 0 saturated heterocycles. The first-order valence-electron chi connectivity index (χ1n) is 7.99. The van der Waals surface area contributed by atoms with Gasteiger partial charge in [0.2, 0.25) is 0 Å². The van der Waals surface area contributed by atoms with Gasteiger partial charge in [-0.2, -0.15) is 0 Å². The van der Waals surface area contributed by atoms with E-state index in [2.05, 4.69) is 5.32 Å². The molecule has 0 unspecified atom stereocenters. The van der Waals surface area contributed by atoms with E-state index < -0.39 is 17.4 Å². The van der Waals surface area contributed by atoms with Crippen LogP contribution < -0.4 is 10.7 Å². The number of fused-ring (bicyclic) bond motifs is 1. The van der Waals surface area contributed by atoms with Crippen molar-refractivity contribution in [3.63, 3.8) is 0 Å². The van der Waals surface area contributed by atoms with Crippen molar-refractivity contribution in [3.8, 4) is 0 Å². The van der Waals surface area contributed by atoms with E-state index in [1.54, 1.807) is 24.3 Å². The summed E-state index contributed by atoms with van der Waals surface area (Å²) in [6.07, 6.45) is 3.71. The summed E-state index contributed by atoms with van der Waals surface area (Å²) in [4.78, 5) is 36.9. The molecule has 0 aliphatic heterocycles. The highest BCUT2D eigenvalue weighted by molar-refractivity contribution is 5.97. The summed E-state index contributed by atoms with van der Waals surface area (Å²) < 4.78 is 10.4. The lowest BCUT2D eigenvalue weighted by Gasteiger charge is -2.34. The number of para-hydroxylation sites is 1. The minimum absolute atomic E-state index is 0.104. The molecular weight excluding hydrogens is 310 g/mol. The topological polar surface area (TPSA) is 85.6 Å². The molecule has 1 aliphatic rings. The third-order valence-corrected chi connectivity index (χ3v) is 4.49. The molecule has 1 aliphatic carbocycles. The summed E-state index contributed by atoms with van der Waals surface area (Å²) in [7, 11) is 1.31.